The van der Waals surface area contributed by atoms with Gasteiger partial charge in [-0.15, -0.1) is 0 Å². The minimum absolute atomic E-state index is 0.106. The fourth-order valence-corrected chi connectivity index (χ4v) is 5.08. The van der Waals surface area contributed by atoms with Crippen molar-refractivity contribution in [1.29, 1.82) is 0 Å². The molecule has 9 nitrogen and oxygen atoms in total. The molecule has 2 fully saturated rings. The number of rotatable bonds is 6. The standard InChI is InChI=1S/C26H33N7O2/c1-18-29-24(31(2)30-18)17-35-23-15-21(16-28-25(23)27)19-5-7-20(8-6-19)26(34)33-13-9-22(10-14-33)32-11-3-4-12-32/h5-8,15-16,22H,3-4,9-14,17H2,1-2H3,(H2,27,28). The maximum atomic E-state index is 13.1. The molecule has 0 spiro atoms. The van der Waals surface area contributed by atoms with E-state index in [2.05, 4.69) is 20.0 Å². The largest absolute Gasteiger partial charge is 0.482 e. The second kappa shape index (κ2) is 10.0. The third kappa shape index (κ3) is 5.14. The van der Waals surface area contributed by atoms with Crippen LogP contribution in [0.15, 0.2) is 36.5 Å². The van der Waals surface area contributed by atoms with Gasteiger partial charge >= 0.3 is 0 Å². The number of nitrogen functional groups attached to an aromatic ring is 1. The van der Waals surface area contributed by atoms with E-state index in [-0.39, 0.29) is 12.5 Å². The topological polar surface area (TPSA) is 102 Å². The molecule has 0 saturated carbocycles. The van der Waals surface area contributed by atoms with Crippen LogP contribution in [-0.4, -0.2) is 67.7 Å². The zero-order valence-electron chi connectivity index (χ0n) is 20.5. The second-order valence-corrected chi connectivity index (χ2v) is 9.44. The van der Waals surface area contributed by atoms with E-state index < -0.39 is 0 Å². The van der Waals surface area contributed by atoms with Gasteiger partial charge in [0, 0.05) is 43.5 Å². The molecule has 2 aromatic heterocycles. The van der Waals surface area contributed by atoms with E-state index >= 15 is 0 Å². The number of nitrogens with two attached hydrogens (primary N) is 1. The van der Waals surface area contributed by atoms with Crippen molar-refractivity contribution in [3.8, 4) is 16.9 Å². The molecular formula is C26H33N7O2. The van der Waals surface area contributed by atoms with Gasteiger partial charge in [0.25, 0.3) is 5.91 Å². The number of aryl methyl sites for hydroxylation is 2. The lowest BCUT2D eigenvalue weighted by molar-refractivity contribution is 0.0644. The van der Waals surface area contributed by atoms with Gasteiger partial charge in [-0.2, -0.15) is 5.10 Å². The summed E-state index contributed by atoms with van der Waals surface area (Å²) >= 11 is 0. The lowest BCUT2D eigenvalue weighted by atomic mass is 10.0. The molecule has 5 rings (SSSR count). The van der Waals surface area contributed by atoms with Crippen molar-refractivity contribution < 1.29 is 9.53 Å². The summed E-state index contributed by atoms with van der Waals surface area (Å²) in [6.07, 6.45) is 6.47. The molecule has 4 heterocycles. The van der Waals surface area contributed by atoms with Crippen LogP contribution < -0.4 is 10.5 Å². The molecule has 2 aliphatic heterocycles. The predicted octanol–water partition coefficient (Wildman–Crippen LogP) is 3.05. The average Bonchev–Trinajstić information content (AvgIpc) is 3.53. The van der Waals surface area contributed by atoms with E-state index in [9.17, 15) is 4.79 Å². The third-order valence-electron chi connectivity index (χ3n) is 7.07. The Morgan fingerprint density at radius 3 is 2.46 bits per heavy atom. The van der Waals surface area contributed by atoms with Gasteiger partial charge in [0.15, 0.2) is 17.4 Å². The van der Waals surface area contributed by atoms with Crippen molar-refractivity contribution in [3.05, 3.63) is 53.7 Å². The second-order valence-electron chi connectivity index (χ2n) is 9.44. The molecule has 1 amide bonds. The lowest BCUT2D eigenvalue weighted by Crippen LogP contribution is -2.45. The third-order valence-corrected chi connectivity index (χ3v) is 7.07. The highest BCUT2D eigenvalue weighted by Gasteiger charge is 2.28. The van der Waals surface area contributed by atoms with Crippen molar-refractivity contribution in [1.82, 2.24) is 29.5 Å². The van der Waals surface area contributed by atoms with E-state index in [1.165, 1.54) is 25.9 Å². The first-order valence-corrected chi connectivity index (χ1v) is 12.4. The molecule has 0 bridgehead atoms. The Balaban J connectivity index is 1.22. The van der Waals surface area contributed by atoms with Crippen molar-refractivity contribution in [2.45, 2.75) is 45.3 Å². The number of ether oxygens (including phenoxy) is 1. The van der Waals surface area contributed by atoms with Crippen LogP contribution in [0.1, 0.15) is 47.7 Å². The van der Waals surface area contributed by atoms with Gasteiger partial charge in [0.1, 0.15) is 12.4 Å². The molecule has 0 aliphatic carbocycles. The van der Waals surface area contributed by atoms with Gasteiger partial charge in [-0.05, 0) is 69.5 Å². The predicted molar refractivity (Wildman–Crippen MR) is 134 cm³/mol. The van der Waals surface area contributed by atoms with E-state index in [1.807, 2.05) is 49.2 Å². The molecule has 2 aliphatic rings. The number of pyridine rings is 1. The molecule has 1 aromatic carbocycles. The molecule has 9 heteroatoms. The minimum atomic E-state index is 0.106. The van der Waals surface area contributed by atoms with Crippen LogP contribution in [-0.2, 0) is 13.7 Å². The number of amides is 1. The van der Waals surface area contributed by atoms with E-state index in [4.69, 9.17) is 10.5 Å². The maximum Gasteiger partial charge on any atom is 0.253 e. The van der Waals surface area contributed by atoms with Gasteiger partial charge in [0.05, 0.1) is 0 Å². The van der Waals surface area contributed by atoms with Crippen LogP contribution in [0.25, 0.3) is 11.1 Å². The maximum absolute atomic E-state index is 13.1. The Morgan fingerprint density at radius 1 is 1.09 bits per heavy atom. The average molecular weight is 476 g/mol. The highest BCUT2D eigenvalue weighted by atomic mass is 16.5. The van der Waals surface area contributed by atoms with Crippen LogP contribution in [0.4, 0.5) is 5.82 Å². The first-order chi connectivity index (χ1) is 17.0. The number of anilines is 1. The smallest absolute Gasteiger partial charge is 0.253 e. The first kappa shape index (κ1) is 23.3. The molecule has 0 atom stereocenters. The van der Waals surface area contributed by atoms with E-state index in [1.54, 1.807) is 10.9 Å². The summed E-state index contributed by atoms with van der Waals surface area (Å²) in [5.74, 6) is 2.31. The van der Waals surface area contributed by atoms with Crippen LogP contribution in [0.3, 0.4) is 0 Å². The monoisotopic (exact) mass is 475 g/mol. The van der Waals surface area contributed by atoms with E-state index in [0.29, 0.717) is 34.8 Å². The summed E-state index contributed by atoms with van der Waals surface area (Å²) < 4.78 is 7.58. The Labute approximate surface area is 205 Å². The van der Waals surface area contributed by atoms with Gasteiger partial charge in [-0.1, -0.05) is 12.1 Å². The molecule has 2 N–H and O–H groups in total. The highest BCUT2D eigenvalue weighted by Crippen LogP contribution is 2.28. The Morgan fingerprint density at radius 2 is 1.80 bits per heavy atom. The van der Waals surface area contributed by atoms with Crippen LogP contribution >= 0.6 is 0 Å². The number of nitrogens with zero attached hydrogens (tertiary/aromatic N) is 6. The van der Waals surface area contributed by atoms with Gasteiger partial charge < -0.3 is 20.3 Å². The fraction of sp³-hybridized carbons (Fsp3) is 0.462. The van der Waals surface area contributed by atoms with Gasteiger partial charge in [-0.25, -0.2) is 14.6 Å². The number of likely N-dealkylation sites (tertiary alicyclic amines) is 2. The van der Waals surface area contributed by atoms with Crippen molar-refractivity contribution in [2.75, 3.05) is 31.9 Å². The van der Waals surface area contributed by atoms with Crippen LogP contribution in [0.2, 0.25) is 0 Å². The number of benzene rings is 1. The number of hydrogen-bond donors (Lipinski definition) is 1. The van der Waals surface area contributed by atoms with Gasteiger partial charge in [0.2, 0.25) is 0 Å². The molecule has 3 aromatic rings. The zero-order chi connectivity index (χ0) is 24.4. The number of aromatic nitrogens is 4. The molecule has 184 valence electrons. The molecule has 0 unspecified atom stereocenters. The highest BCUT2D eigenvalue weighted by molar-refractivity contribution is 5.94. The zero-order valence-corrected chi connectivity index (χ0v) is 20.5. The fourth-order valence-electron chi connectivity index (χ4n) is 5.08. The Hall–Kier alpha value is -3.46. The number of hydrogen-bond acceptors (Lipinski definition) is 7. The summed E-state index contributed by atoms with van der Waals surface area (Å²) in [5.41, 5.74) is 8.57. The van der Waals surface area contributed by atoms with Gasteiger partial charge in [-0.3, -0.25) is 4.79 Å². The van der Waals surface area contributed by atoms with Crippen molar-refractivity contribution in [3.63, 3.8) is 0 Å². The summed E-state index contributed by atoms with van der Waals surface area (Å²) in [5, 5.41) is 4.23. The molecular weight excluding hydrogens is 442 g/mol. The van der Waals surface area contributed by atoms with Crippen molar-refractivity contribution in [2.24, 2.45) is 7.05 Å². The molecule has 2 saturated heterocycles. The molecule has 35 heavy (non-hydrogen) atoms. The normalized spacial score (nSPS) is 17.1. The van der Waals surface area contributed by atoms with Crippen LogP contribution in [0, 0.1) is 6.92 Å². The van der Waals surface area contributed by atoms with E-state index in [0.717, 1.165) is 37.1 Å². The number of piperidine rings is 1. The number of carbonyl (C=O) groups excluding carboxylic acids is 1. The Bertz CT molecular complexity index is 1180. The molecule has 0 radical (unpaired) electrons. The first-order valence-electron chi connectivity index (χ1n) is 12.4. The summed E-state index contributed by atoms with van der Waals surface area (Å²) in [4.78, 5) is 26.3. The SMILES string of the molecule is Cc1nc(COc2cc(-c3ccc(C(=O)N4CCC(N5CCCC5)CC4)cc3)cnc2N)n(C)n1. The summed E-state index contributed by atoms with van der Waals surface area (Å²) in [6.45, 7) is 6.17. The number of carbonyl (C=O) groups is 1. The Kier molecular flexibility index (Phi) is 6.68. The van der Waals surface area contributed by atoms with Crippen LogP contribution in [0.5, 0.6) is 5.75 Å². The quantitative estimate of drug-likeness (QED) is 0.585. The summed E-state index contributed by atoms with van der Waals surface area (Å²) in [6, 6.07) is 10.2. The summed E-state index contributed by atoms with van der Waals surface area (Å²) in [7, 11) is 1.83. The minimum Gasteiger partial charge on any atom is -0.482 e. The van der Waals surface area contributed by atoms with Crippen molar-refractivity contribution >= 4 is 11.7 Å². The lowest BCUT2D eigenvalue weighted by Gasteiger charge is -2.36.